The number of rotatable bonds is 9. The van der Waals surface area contributed by atoms with E-state index in [0.717, 1.165) is 11.1 Å². The molecule has 7 heteroatoms. The highest BCUT2D eigenvalue weighted by molar-refractivity contribution is 5.91. The lowest BCUT2D eigenvalue weighted by Gasteiger charge is -2.18. The van der Waals surface area contributed by atoms with E-state index >= 15 is 0 Å². The van der Waals surface area contributed by atoms with E-state index in [0.29, 0.717) is 24.4 Å². The fraction of sp³-hybridized carbons (Fsp3) is 0.364. The van der Waals surface area contributed by atoms with Crippen LogP contribution in [0.1, 0.15) is 48.0 Å². The van der Waals surface area contributed by atoms with Gasteiger partial charge in [-0.2, -0.15) is 0 Å². The molecule has 0 spiro atoms. The van der Waals surface area contributed by atoms with Crippen LogP contribution in [0.4, 0.5) is 4.39 Å². The molecule has 1 N–H and O–H groups in total. The third kappa shape index (κ3) is 5.04. The van der Waals surface area contributed by atoms with Crippen molar-refractivity contribution in [2.45, 2.75) is 40.8 Å². The second-order valence-electron chi connectivity index (χ2n) is 6.39. The van der Waals surface area contributed by atoms with Crippen molar-refractivity contribution in [2.24, 2.45) is 0 Å². The first-order chi connectivity index (χ1) is 13.8. The molecule has 0 radical (unpaired) electrons. The molecule has 2 aromatic rings. The van der Waals surface area contributed by atoms with E-state index in [1.54, 1.807) is 30.7 Å². The van der Waals surface area contributed by atoms with Crippen LogP contribution in [0.15, 0.2) is 35.8 Å². The van der Waals surface area contributed by atoms with Crippen molar-refractivity contribution in [1.82, 2.24) is 9.88 Å². The second kappa shape index (κ2) is 9.91. The fourth-order valence-electron chi connectivity index (χ4n) is 2.95. The van der Waals surface area contributed by atoms with Crippen LogP contribution in [0, 0.1) is 12.7 Å². The van der Waals surface area contributed by atoms with E-state index < -0.39 is 11.4 Å². The number of carbonyl (C=O) groups is 1. The molecule has 0 amide bonds. The van der Waals surface area contributed by atoms with Gasteiger partial charge in [-0.3, -0.25) is 4.79 Å². The minimum atomic E-state index is -0.609. The quantitative estimate of drug-likeness (QED) is 0.649. The molecule has 1 heterocycles. The van der Waals surface area contributed by atoms with Crippen molar-refractivity contribution in [3.63, 3.8) is 0 Å². The maximum atomic E-state index is 13.3. The molecule has 1 aromatic carbocycles. The Kier molecular flexibility index (Phi) is 7.59. The Morgan fingerprint density at radius 1 is 1.24 bits per heavy atom. The summed E-state index contributed by atoms with van der Waals surface area (Å²) in [6.07, 6.45) is 1.57. The van der Waals surface area contributed by atoms with Crippen molar-refractivity contribution in [2.75, 3.05) is 13.2 Å². The van der Waals surface area contributed by atoms with Crippen LogP contribution in [-0.2, 0) is 17.8 Å². The largest absolute Gasteiger partial charge is 0.488 e. The minimum Gasteiger partial charge on any atom is -0.488 e. The fourth-order valence-corrected chi connectivity index (χ4v) is 2.95. The number of nitrogens with one attached hydrogen (secondary N) is 1. The van der Waals surface area contributed by atoms with Gasteiger partial charge in [0.05, 0.1) is 18.8 Å². The number of hydrogen-bond donors (Lipinski definition) is 1. The molecule has 0 unspecified atom stereocenters. The number of pyridine rings is 1. The zero-order chi connectivity index (χ0) is 21.6. The normalized spacial score (nSPS) is 10.5. The van der Waals surface area contributed by atoms with Gasteiger partial charge in [-0.1, -0.05) is 12.6 Å². The first kappa shape index (κ1) is 22.2. The van der Waals surface area contributed by atoms with Gasteiger partial charge in [0.25, 0.3) is 0 Å². The van der Waals surface area contributed by atoms with Gasteiger partial charge in [0.15, 0.2) is 11.4 Å². The number of nitrogens with zero attached hydrogens (tertiary/aromatic N) is 1. The minimum absolute atomic E-state index is 0.0498. The summed E-state index contributed by atoms with van der Waals surface area (Å²) in [5.74, 6) is -0.958. The molecule has 156 valence electrons. The van der Waals surface area contributed by atoms with E-state index in [4.69, 9.17) is 9.47 Å². The summed E-state index contributed by atoms with van der Waals surface area (Å²) < 4.78 is 25.5. The topological polar surface area (TPSA) is 69.6 Å². The number of aryl methyl sites for hydroxylation is 2. The van der Waals surface area contributed by atoms with Gasteiger partial charge in [0.1, 0.15) is 5.82 Å². The van der Waals surface area contributed by atoms with Gasteiger partial charge in [-0.15, -0.1) is 0 Å². The van der Waals surface area contributed by atoms with E-state index in [-0.39, 0.29) is 30.5 Å². The summed E-state index contributed by atoms with van der Waals surface area (Å²) in [7, 11) is 0. The SMILES string of the molecule is C=C(NCc1ccc(F)cc1C)c1cn(CC)c(C(=O)OCC)c(OCC)c1=O. The first-order valence-electron chi connectivity index (χ1n) is 9.59. The lowest BCUT2D eigenvalue weighted by molar-refractivity contribution is 0.0507. The number of esters is 1. The Bertz CT molecular complexity index is 966. The predicted octanol–water partition coefficient (Wildman–Crippen LogP) is 3.65. The third-order valence-electron chi connectivity index (χ3n) is 4.46. The molecule has 0 aliphatic heterocycles. The number of carbonyl (C=O) groups excluding carboxylic acids is 1. The molecule has 0 aliphatic rings. The molecule has 0 saturated heterocycles. The zero-order valence-corrected chi connectivity index (χ0v) is 17.3. The van der Waals surface area contributed by atoms with E-state index in [1.807, 2.05) is 13.8 Å². The van der Waals surface area contributed by atoms with Crippen molar-refractivity contribution in [1.29, 1.82) is 0 Å². The molecule has 0 bridgehead atoms. The smallest absolute Gasteiger partial charge is 0.358 e. The van der Waals surface area contributed by atoms with Gasteiger partial charge >= 0.3 is 5.97 Å². The molecule has 2 rings (SSSR count). The first-order valence-corrected chi connectivity index (χ1v) is 9.59. The maximum absolute atomic E-state index is 13.3. The summed E-state index contributed by atoms with van der Waals surface area (Å²) in [5.41, 5.74) is 2.01. The Balaban J connectivity index is 2.41. The Labute approximate surface area is 170 Å². The van der Waals surface area contributed by atoms with Crippen LogP contribution in [0.2, 0.25) is 0 Å². The lowest BCUT2D eigenvalue weighted by Crippen LogP contribution is -2.26. The van der Waals surface area contributed by atoms with Crippen LogP contribution >= 0.6 is 0 Å². The average Bonchev–Trinajstić information content (AvgIpc) is 2.68. The number of ether oxygens (including phenoxy) is 2. The number of halogens is 1. The zero-order valence-electron chi connectivity index (χ0n) is 17.3. The average molecular weight is 402 g/mol. The number of aromatic nitrogens is 1. The lowest BCUT2D eigenvalue weighted by atomic mass is 10.1. The highest BCUT2D eigenvalue weighted by atomic mass is 19.1. The van der Waals surface area contributed by atoms with E-state index in [2.05, 4.69) is 11.9 Å². The van der Waals surface area contributed by atoms with Crippen LogP contribution < -0.4 is 15.5 Å². The molecule has 29 heavy (non-hydrogen) atoms. The number of hydrogen-bond acceptors (Lipinski definition) is 5. The van der Waals surface area contributed by atoms with Crippen molar-refractivity contribution >= 4 is 11.7 Å². The summed E-state index contributed by atoms with van der Waals surface area (Å²) in [6.45, 7) is 12.3. The third-order valence-corrected chi connectivity index (χ3v) is 4.46. The van der Waals surface area contributed by atoms with Gasteiger partial charge < -0.3 is 19.4 Å². The maximum Gasteiger partial charge on any atom is 0.358 e. The Morgan fingerprint density at radius 3 is 2.55 bits per heavy atom. The highest BCUT2D eigenvalue weighted by Crippen LogP contribution is 2.20. The summed E-state index contributed by atoms with van der Waals surface area (Å²) in [6, 6.07) is 4.52. The van der Waals surface area contributed by atoms with E-state index in [1.165, 1.54) is 12.1 Å². The van der Waals surface area contributed by atoms with Gasteiger partial charge in [0.2, 0.25) is 5.43 Å². The van der Waals surface area contributed by atoms with Crippen LogP contribution in [0.5, 0.6) is 5.75 Å². The molecule has 6 nitrogen and oxygen atoms in total. The molecule has 0 saturated carbocycles. The van der Waals surface area contributed by atoms with Crippen molar-refractivity contribution in [3.05, 3.63) is 69.4 Å². The molecule has 0 atom stereocenters. The van der Waals surface area contributed by atoms with Crippen LogP contribution in [0.3, 0.4) is 0 Å². The van der Waals surface area contributed by atoms with Gasteiger partial charge in [0, 0.05) is 25.0 Å². The summed E-state index contributed by atoms with van der Waals surface area (Å²) >= 11 is 0. The van der Waals surface area contributed by atoms with Gasteiger partial charge in [-0.05, 0) is 51.0 Å². The summed E-state index contributed by atoms with van der Waals surface area (Å²) in [5, 5.41) is 3.11. The Hall–Kier alpha value is -3.09. The standard InChI is InChI=1S/C22H27FN2O4/c1-6-25-13-18(15(5)24-12-16-9-10-17(23)11-14(16)4)20(26)21(28-7-2)19(25)22(27)29-8-3/h9-11,13,24H,5-8,12H2,1-4H3. The van der Waals surface area contributed by atoms with Crippen LogP contribution in [0.25, 0.3) is 5.70 Å². The van der Waals surface area contributed by atoms with Crippen molar-refractivity contribution < 1.29 is 18.7 Å². The molecule has 0 aliphatic carbocycles. The predicted molar refractivity (Wildman–Crippen MR) is 111 cm³/mol. The number of benzene rings is 1. The second-order valence-corrected chi connectivity index (χ2v) is 6.39. The molecule has 1 aromatic heterocycles. The molecular weight excluding hydrogens is 375 g/mol. The monoisotopic (exact) mass is 402 g/mol. The summed E-state index contributed by atoms with van der Waals surface area (Å²) in [4.78, 5) is 25.4. The van der Waals surface area contributed by atoms with Crippen molar-refractivity contribution in [3.8, 4) is 5.75 Å². The van der Waals surface area contributed by atoms with E-state index in [9.17, 15) is 14.0 Å². The Morgan fingerprint density at radius 2 is 1.97 bits per heavy atom. The van der Waals surface area contributed by atoms with Gasteiger partial charge in [-0.25, -0.2) is 9.18 Å². The van der Waals surface area contributed by atoms with Crippen LogP contribution in [-0.4, -0.2) is 23.8 Å². The molecule has 0 fully saturated rings. The molecular formula is C22H27FN2O4. The highest BCUT2D eigenvalue weighted by Gasteiger charge is 2.24.